The predicted molar refractivity (Wildman–Crippen MR) is 77.5 cm³/mol. The molecular formula is C16H18FNO2. The quantitative estimate of drug-likeness (QED) is 0.928. The summed E-state index contributed by atoms with van der Waals surface area (Å²) in [6, 6.07) is 10.2. The number of hydrogen-bond donors (Lipinski definition) is 1. The first kappa shape index (κ1) is 14.3. The van der Waals surface area contributed by atoms with Crippen molar-refractivity contribution in [2.24, 2.45) is 5.73 Å². The maximum absolute atomic E-state index is 14.2. The third-order valence-corrected chi connectivity index (χ3v) is 3.22. The van der Waals surface area contributed by atoms with Crippen molar-refractivity contribution in [3.05, 3.63) is 47.8 Å². The van der Waals surface area contributed by atoms with Crippen LogP contribution in [0.2, 0.25) is 0 Å². The average molecular weight is 275 g/mol. The van der Waals surface area contributed by atoms with Crippen molar-refractivity contribution in [1.29, 1.82) is 0 Å². The van der Waals surface area contributed by atoms with Crippen LogP contribution in [0.3, 0.4) is 0 Å². The molecule has 0 amide bonds. The fraction of sp³-hybridized carbons (Fsp3) is 0.250. The van der Waals surface area contributed by atoms with Gasteiger partial charge in [0.15, 0.2) is 0 Å². The highest BCUT2D eigenvalue weighted by Gasteiger charge is 2.13. The molecule has 0 aromatic heterocycles. The number of methoxy groups -OCH3 is 2. The highest BCUT2D eigenvalue weighted by Crippen LogP contribution is 2.35. The number of halogens is 1. The summed E-state index contributed by atoms with van der Waals surface area (Å²) >= 11 is 0. The van der Waals surface area contributed by atoms with Gasteiger partial charge < -0.3 is 15.2 Å². The van der Waals surface area contributed by atoms with Crippen molar-refractivity contribution in [3.63, 3.8) is 0 Å². The lowest BCUT2D eigenvalue weighted by molar-refractivity contribution is 0.410. The van der Waals surface area contributed by atoms with Gasteiger partial charge in [0.1, 0.15) is 17.3 Å². The van der Waals surface area contributed by atoms with Gasteiger partial charge in [-0.1, -0.05) is 6.07 Å². The second-order valence-electron chi connectivity index (χ2n) is 4.59. The molecule has 0 aliphatic rings. The second kappa shape index (κ2) is 5.92. The van der Waals surface area contributed by atoms with Gasteiger partial charge in [-0.15, -0.1) is 0 Å². The molecule has 2 rings (SSSR count). The summed E-state index contributed by atoms with van der Waals surface area (Å²) in [5, 5.41) is 0. The average Bonchev–Trinajstić information content (AvgIpc) is 2.46. The van der Waals surface area contributed by atoms with Crippen LogP contribution < -0.4 is 15.2 Å². The van der Waals surface area contributed by atoms with Crippen molar-refractivity contribution < 1.29 is 13.9 Å². The minimum absolute atomic E-state index is 0.124. The normalized spacial score (nSPS) is 12.1. The summed E-state index contributed by atoms with van der Waals surface area (Å²) in [6.07, 6.45) is 0. The van der Waals surface area contributed by atoms with Crippen LogP contribution in [0.25, 0.3) is 11.1 Å². The van der Waals surface area contributed by atoms with Gasteiger partial charge >= 0.3 is 0 Å². The van der Waals surface area contributed by atoms with Crippen LogP contribution in [0.4, 0.5) is 4.39 Å². The van der Waals surface area contributed by atoms with Crippen molar-refractivity contribution in [3.8, 4) is 22.6 Å². The third-order valence-electron chi connectivity index (χ3n) is 3.22. The Morgan fingerprint density at radius 1 is 1.00 bits per heavy atom. The molecule has 2 aromatic carbocycles. The fourth-order valence-electron chi connectivity index (χ4n) is 2.06. The topological polar surface area (TPSA) is 44.5 Å². The molecule has 1 unspecified atom stereocenters. The number of nitrogens with two attached hydrogens (primary N) is 1. The van der Waals surface area contributed by atoms with Crippen LogP contribution >= 0.6 is 0 Å². The zero-order valence-corrected chi connectivity index (χ0v) is 11.8. The zero-order valence-electron chi connectivity index (χ0n) is 11.8. The monoisotopic (exact) mass is 275 g/mol. The fourth-order valence-corrected chi connectivity index (χ4v) is 2.06. The molecule has 4 heteroatoms. The highest BCUT2D eigenvalue weighted by molar-refractivity contribution is 5.72. The van der Waals surface area contributed by atoms with Crippen LogP contribution in [0.5, 0.6) is 11.5 Å². The maximum Gasteiger partial charge on any atom is 0.134 e. The lowest BCUT2D eigenvalue weighted by Gasteiger charge is -2.14. The molecule has 106 valence electrons. The van der Waals surface area contributed by atoms with Gasteiger partial charge in [-0.05, 0) is 36.8 Å². The minimum Gasteiger partial charge on any atom is -0.497 e. The van der Waals surface area contributed by atoms with Crippen LogP contribution in [-0.2, 0) is 0 Å². The molecule has 0 saturated carbocycles. The lowest BCUT2D eigenvalue weighted by atomic mass is 9.99. The van der Waals surface area contributed by atoms with Gasteiger partial charge in [0, 0.05) is 23.2 Å². The smallest absolute Gasteiger partial charge is 0.134 e. The summed E-state index contributed by atoms with van der Waals surface area (Å²) in [5.74, 6) is 0.733. The summed E-state index contributed by atoms with van der Waals surface area (Å²) in [6.45, 7) is 1.88. The molecule has 20 heavy (non-hydrogen) atoms. The van der Waals surface area contributed by atoms with E-state index in [1.54, 1.807) is 25.3 Å². The first-order chi connectivity index (χ1) is 9.56. The van der Waals surface area contributed by atoms with E-state index in [1.807, 2.05) is 19.1 Å². The van der Waals surface area contributed by atoms with E-state index in [0.29, 0.717) is 22.6 Å². The molecule has 0 aliphatic heterocycles. The first-order valence-corrected chi connectivity index (χ1v) is 6.34. The van der Waals surface area contributed by atoms with Crippen molar-refractivity contribution in [1.82, 2.24) is 0 Å². The molecular weight excluding hydrogens is 257 g/mol. The van der Waals surface area contributed by atoms with Gasteiger partial charge in [-0.25, -0.2) is 4.39 Å². The molecule has 0 radical (unpaired) electrons. The number of hydrogen-bond acceptors (Lipinski definition) is 3. The second-order valence-corrected chi connectivity index (χ2v) is 4.59. The predicted octanol–water partition coefficient (Wildman–Crippen LogP) is 3.53. The summed E-state index contributed by atoms with van der Waals surface area (Å²) in [7, 11) is 3.07. The Kier molecular flexibility index (Phi) is 4.25. The van der Waals surface area contributed by atoms with Gasteiger partial charge in [0.05, 0.1) is 14.2 Å². The van der Waals surface area contributed by atoms with Gasteiger partial charge in [-0.2, -0.15) is 0 Å². The Hall–Kier alpha value is -2.07. The largest absolute Gasteiger partial charge is 0.497 e. The lowest BCUT2D eigenvalue weighted by Crippen LogP contribution is -2.05. The molecule has 0 aliphatic carbocycles. The Morgan fingerprint density at radius 3 is 2.30 bits per heavy atom. The molecule has 2 aromatic rings. The molecule has 0 fully saturated rings. The Balaban J connectivity index is 2.58. The zero-order chi connectivity index (χ0) is 14.7. The van der Waals surface area contributed by atoms with Gasteiger partial charge in [0.2, 0.25) is 0 Å². The van der Waals surface area contributed by atoms with Gasteiger partial charge in [0.25, 0.3) is 0 Å². The van der Waals surface area contributed by atoms with E-state index in [0.717, 1.165) is 5.56 Å². The van der Waals surface area contributed by atoms with Crippen LogP contribution in [0.15, 0.2) is 36.4 Å². The Bertz CT molecular complexity index is 611. The highest BCUT2D eigenvalue weighted by atomic mass is 19.1. The van der Waals surface area contributed by atoms with Crippen LogP contribution in [0.1, 0.15) is 18.5 Å². The summed E-state index contributed by atoms with van der Waals surface area (Å²) < 4.78 is 24.5. The van der Waals surface area contributed by atoms with Crippen molar-refractivity contribution >= 4 is 0 Å². The molecule has 1 atom stereocenters. The molecule has 3 nitrogen and oxygen atoms in total. The van der Waals surface area contributed by atoms with Gasteiger partial charge in [-0.3, -0.25) is 0 Å². The molecule has 2 N–H and O–H groups in total. The van der Waals surface area contributed by atoms with E-state index in [4.69, 9.17) is 15.2 Å². The van der Waals surface area contributed by atoms with Crippen molar-refractivity contribution in [2.45, 2.75) is 13.0 Å². The Morgan fingerprint density at radius 2 is 1.75 bits per heavy atom. The van der Waals surface area contributed by atoms with E-state index >= 15 is 0 Å². The number of benzene rings is 2. The number of ether oxygens (including phenoxy) is 2. The summed E-state index contributed by atoms with van der Waals surface area (Å²) in [5.41, 5.74) is 7.95. The molecule has 0 saturated heterocycles. The first-order valence-electron chi connectivity index (χ1n) is 6.34. The standard InChI is InChI=1S/C16H18FNO2/c1-10(18)11-4-7-16(20-3)14(8-11)13-6-5-12(19-2)9-15(13)17/h4-10H,18H2,1-3H3. The number of rotatable bonds is 4. The van der Waals surface area contributed by atoms with E-state index in [-0.39, 0.29) is 11.9 Å². The Labute approximate surface area is 118 Å². The molecule has 0 bridgehead atoms. The van der Waals surface area contributed by atoms with E-state index in [9.17, 15) is 4.39 Å². The summed E-state index contributed by atoms with van der Waals surface area (Å²) in [4.78, 5) is 0. The van der Waals surface area contributed by atoms with Crippen LogP contribution in [-0.4, -0.2) is 14.2 Å². The molecule has 0 heterocycles. The van der Waals surface area contributed by atoms with E-state index in [2.05, 4.69) is 0 Å². The maximum atomic E-state index is 14.2. The third kappa shape index (κ3) is 2.75. The molecule has 0 spiro atoms. The van der Waals surface area contributed by atoms with E-state index in [1.165, 1.54) is 13.2 Å². The van der Waals surface area contributed by atoms with E-state index < -0.39 is 0 Å². The SMILES string of the molecule is COc1ccc(-c2cc(C(C)N)ccc2OC)c(F)c1. The van der Waals surface area contributed by atoms with Crippen LogP contribution in [0, 0.1) is 5.82 Å². The minimum atomic E-state index is -0.357. The van der Waals surface area contributed by atoms with Crippen molar-refractivity contribution in [2.75, 3.05) is 14.2 Å².